The van der Waals surface area contributed by atoms with E-state index in [9.17, 15) is 9.90 Å². The van der Waals surface area contributed by atoms with E-state index >= 15 is 0 Å². The molecule has 0 saturated carbocycles. The van der Waals surface area contributed by atoms with Crippen molar-refractivity contribution in [3.05, 3.63) is 66.4 Å². The van der Waals surface area contributed by atoms with Gasteiger partial charge in [0, 0.05) is 31.1 Å². The van der Waals surface area contributed by atoms with Crippen molar-refractivity contribution >= 4 is 17.6 Å². The normalized spacial score (nSPS) is 14.7. The molecule has 0 bridgehead atoms. The summed E-state index contributed by atoms with van der Waals surface area (Å²) in [5.41, 5.74) is 1.87. The van der Waals surface area contributed by atoms with Gasteiger partial charge >= 0.3 is 6.09 Å². The van der Waals surface area contributed by atoms with Crippen molar-refractivity contribution in [2.24, 2.45) is 0 Å². The van der Waals surface area contributed by atoms with Crippen molar-refractivity contribution in [2.75, 3.05) is 44.4 Å². The van der Waals surface area contributed by atoms with Crippen LogP contribution in [0.1, 0.15) is 26.5 Å². The first kappa shape index (κ1) is 23.8. The second-order valence-electron chi connectivity index (χ2n) is 9.30. The van der Waals surface area contributed by atoms with Crippen LogP contribution in [0.4, 0.5) is 16.3 Å². The van der Waals surface area contributed by atoms with Crippen LogP contribution >= 0.6 is 0 Å². The van der Waals surface area contributed by atoms with Gasteiger partial charge in [0.2, 0.25) is 0 Å². The molecular formula is C26H32N4O4. The maximum atomic E-state index is 12.3. The van der Waals surface area contributed by atoms with E-state index < -0.39 is 6.09 Å². The van der Waals surface area contributed by atoms with Crippen LogP contribution in [0.5, 0.6) is 5.75 Å². The van der Waals surface area contributed by atoms with Crippen LogP contribution in [-0.2, 0) is 10.2 Å². The van der Waals surface area contributed by atoms with Crippen molar-refractivity contribution in [2.45, 2.75) is 26.2 Å². The number of amides is 1. The van der Waals surface area contributed by atoms with Gasteiger partial charge in [-0.15, -0.1) is 0 Å². The summed E-state index contributed by atoms with van der Waals surface area (Å²) in [5.74, 6) is 1.23. The van der Waals surface area contributed by atoms with Crippen LogP contribution in [0.25, 0.3) is 5.69 Å². The molecule has 1 N–H and O–H groups in total. The summed E-state index contributed by atoms with van der Waals surface area (Å²) in [6.45, 7) is 11.0. The third-order valence-electron chi connectivity index (χ3n) is 5.75. The summed E-state index contributed by atoms with van der Waals surface area (Å²) in [5, 5.41) is 14.9. The van der Waals surface area contributed by atoms with Gasteiger partial charge in [-0.1, -0.05) is 39.0 Å². The van der Waals surface area contributed by atoms with Crippen LogP contribution < -0.4 is 9.64 Å². The molecule has 2 aromatic carbocycles. The van der Waals surface area contributed by atoms with Crippen molar-refractivity contribution in [3.8, 4) is 11.4 Å². The molecule has 4 rings (SSSR count). The Morgan fingerprint density at radius 2 is 1.76 bits per heavy atom. The van der Waals surface area contributed by atoms with Crippen molar-refractivity contribution < 1.29 is 19.4 Å². The van der Waals surface area contributed by atoms with Gasteiger partial charge in [0.15, 0.2) is 0 Å². The number of hydrogen-bond donors (Lipinski definition) is 1. The van der Waals surface area contributed by atoms with E-state index in [1.54, 1.807) is 16.8 Å². The molecule has 0 radical (unpaired) electrons. The number of hydrogen-bond acceptors (Lipinski definition) is 5. The summed E-state index contributed by atoms with van der Waals surface area (Å²) >= 11 is 0. The van der Waals surface area contributed by atoms with Gasteiger partial charge in [-0.2, -0.15) is 5.10 Å². The van der Waals surface area contributed by atoms with E-state index in [1.807, 2.05) is 48.5 Å². The second kappa shape index (κ2) is 10.3. The molecule has 8 heteroatoms. The first-order valence-corrected chi connectivity index (χ1v) is 11.5. The molecule has 8 nitrogen and oxygen atoms in total. The Morgan fingerprint density at radius 3 is 2.38 bits per heavy atom. The number of anilines is 2. The third kappa shape index (κ3) is 5.58. The molecule has 1 aliphatic rings. The number of benzene rings is 2. The van der Waals surface area contributed by atoms with Crippen LogP contribution in [0.3, 0.4) is 0 Å². The van der Waals surface area contributed by atoms with Gasteiger partial charge in [0.25, 0.3) is 0 Å². The zero-order valence-electron chi connectivity index (χ0n) is 20.0. The predicted molar refractivity (Wildman–Crippen MR) is 132 cm³/mol. The monoisotopic (exact) mass is 464 g/mol. The minimum atomic E-state index is -1.07. The van der Waals surface area contributed by atoms with Crippen LogP contribution in [0, 0.1) is 0 Å². The van der Waals surface area contributed by atoms with Crippen molar-refractivity contribution in [3.63, 3.8) is 0 Å². The molecule has 1 aliphatic heterocycles. The number of carboxylic acid groups (broad SMARTS) is 1. The molecule has 0 unspecified atom stereocenters. The zero-order chi connectivity index (χ0) is 24.1. The zero-order valence-corrected chi connectivity index (χ0v) is 20.0. The summed E-state index contributed by atoms with van der Waals surface area (Å²) < 4.78 is 13.0. The lowest BCUT2D eigenvalue weighted by Crippen LogP contribution is -2.38. The van der Waals surface area contributed by atoms with Crippen molar-refractivity contribution in [1.29, 1.82) is 0 Å². The number of ether oxygens (including phenoxy) is 2. The molecule has 1 saturated heterocycles. The van der Waals surface area contributed by atoms with Gasteiger partial charge < -0.3 is 14.6 Å². The Morgan fingerprint density at radius 1 is 1.09 bits per heavy atom. The van der Waals surface area contributed by atoms with E-state index in [2.05, 4.69) is 25.7 Å². The SMILES string of the molecule is CC(C)(C)c1cc(N(C(=O)O)c2ccccc2)n(-c2ccc(OCCN3CCOCC3)cc2)n1. The number of nitrogens with zero attached hydrogens (tertiary/aromatic N) is 4. The highest BCUT2D eigenvalue weighted by atomic mass is 16.5. The summed E-state index contributed by atoms with van der Waals surface area (Å²) in [4.78, 5) is 15.9. The Labute approximate surface area is 200 Å². The van der Waals surface area contributed by atoms with Crippen LogP contribution in [0.2, 0.25) is 0 Å². The highest BCUT2D eigenvalue weighted by Crippen LogP contribution is 2.33. The maximum Gasteiger partial charge on any atom is 0.417 e. The largest absolute Gasteiger partial charge is 0.492 e. The Hall–Kier alpha value is -3.36. The summed E-state index contributed by atoms with van der Waals surface area (Å²) in [6, 6.07) is 18.5. The number of para-hydroxylation sites is 1. The molecule has 1 aromatic heterocycles. The molecule has 2 heterocycles. The lowest BCUT2D eigenvalue weighted by molar-refractivity contribution is 0.0322. The number of rotatable bonds is 7. The molecule has 34 heavy (non-hydrogen) atoms. The second-order valence-corrected chi connectivity index (χ2v) is 9.30. The number of carbonyl (C=O) groups is 1. The summed E-state index contributed by atoms with van der Waals surface area (Å²) in [7, 11) is 0. The van der Waals surface area contributed by atoms with E-state index in [4.69, 9.17) is 14.6 Å². The third-order valence-corrected chi connectivity index (χ3v) is 5.75. The average Bonchev–Trinajstić information content (AvgIpc) is 3.26. The first-order chi connectivity index (χ1) is 16.3. The molecule has 180 valence electrons. The molecule has 0 atom stereocenters. The number of morpholine rings is 1. The molecule has 3 aromatic rings. The smallest absolute Gasteiger partial charge is 0.417 e. The van der Waals surface area contributed by atoms with Crippen LogP contribution in [0.15, 0.2) is 60.7 Å². The highest BCUT2D eigenvalue weighted by molar-refractivity contribution is 5.94. The quantitative estimate of drug-likeness (QED) is 0.546. The highest BCUT2D eigenvalue weighted by Gasteiger charge is 2.27. The number of aromatic nitrogens is 2. The van der Waals surface area contributed by atoms with Gasteiger partial charge in [0.05, 0.1) is 30.3 Å². The minimum absolute atomic E-state index is 0.247. The van der Waals surface area contributed by atoms with E-state index in [-0.39, 0.29) is 5.41 Å². The van der Waals surface area contributed by atoms with Gasteiger partial charge in [0.1, 0.15) is 18.2 Å². The predicted octanol–water partition coefficient (Wildman–Crippen LogP) is 4.70. The lowest BCUT2D eigenvalue weighted by Gasteiger charge is -2.26. The lowest BCUT2D eigenvalue weighted by atomic mass is 9.92. The van der Waals surface area contributed by atoms with E-state index in [0.717, 1.165) is 50.0 Å². The Balaban J connectivity index is 1.59. The molecular weight excluding hydrogens is 432 g/mol. The fourth-order valence-electron chi connectivity index (χ4n) is 3.81. The van der Waals surface area contributed by atoms with E-state index in [1.165, 1.54) is 4.90 Å². The Kier molecular flexibility index (Phi) is 7.19. The molecule has 1 fully saturated rings. The molecule has 0 spiro atoms. The standard InChI is InChI=1S/C26H32N4O4/c1-26(2,3)23-19-24(29(25(31)32)20-7-5-4-6-8-20)30(27-23)21-9-11-22(12-10-21)34-18-15-28-13-16-33-17-14-28/h4-12,19H,13-18H2,1-3H3,(H,31,32). The summed E-state index contributed by atoms with van der Waals surface area (Å²) in [6.07, 6.45) is -1.07. The maximum absolute atomic E-state index is 12.3. The van der Waals surface area contributed by atoms with Crippen molar-refractivity contribution in [1.82, 2.24) is 14.7 Å². The van der Waals surface area contributed by atoms with E-state index in [0.29, 0.717) is 18.1 Å². The molecule has 1 amide bonds. The Bertz CT molecular complexity index is 1080. The van der Waals surface area contributed by atoms with Gasteiger partial charge in [-0.05, 0) is 36.4 Å². The van der Waals surface area contributed by atoms with Gasteiger partial charge in [-0.25, -0.2) is 14.4 Å². The fourth-order valence-corrected chi connectivity index (χ4v) is 3.81. The minimum Gasteiger partial charge on any atom is -0.492 e. The first-order valence-electron chi connectivity index (χ1n) is 11.5. The average molecular weight is 465 g/mol. The topological polar surface area (TPSA) is 80.1 Å². The molecule has 0 aliphatic carbocycles. The van der Waals surface area contributed by atoms with Crippen LogP contribution in [-0.4, -0.2) is 65.3 Å². The van der Waals surface area contributed by atoms with Gasteiger partial charge in [-0.3, -0.25) is 4.90 Å². The fraction of sp³-hybridized carbons (Fsp3) is 0.385.